The van der Waals surface area contributed by atoms with Crippen LogP contribution in [0.3, 0.4) is 0 Å². The van der Waals surface area contributed by atoms with Gasteiger partial charge in [0, 0.05) is 16.7 Å². The van der Waals surface area contributed by atoms with Crippen LogP contribution in [0.1, 0.15) is 15.9 Å². The fraction of sp³-hybridized carbons (Fsp3) is 0.0625. The molecule has 0 N–H and O–H groups in total. The van der Waals surface area contributed by atoms with Crippen LogP contribution in [-0.4, -0.2) is 12.4 Å². The van der Waals surface area contributed by atoms with Gasteiger partial charge < -0.3 is 4.74 Å². The predicted octanol–water partition coefficient (Wildman–Crippen LogP) is 1.31. The highest BCUT2D eigenvalue weighted by atomic mass is 16.5. The van der Waals surface area contributed by atoms with Gasteiger partial charge in [-0.25, -0.2) is 0 Å². The van der Waals surface area contributed by atoms with E-state index < -0.39 is 0 Å². The van der Waals surface area contributed by atoms with E-state index in [9.17, 15) is 4.79 Å². The number of allylic oxidation sites excluding steroid dienone is 5. The lowest BCUT2D eigenvalue weighted by atomic mass is 9.92. The van der Waals surface area contributed by atoms with Gasteiger partial charge in [-0.3, -0.25) is 4.79 Å². The summed E-state index contributed by atoms with van der Waals surface area (Å²) in [4.78, 5) is 12.1. The second-order valence-corrected chi connectivity index (χ2v) is 4.52. The fourth-order valence-corrected chi connectivity index (χ4v) is 2.70. The lowest BCUT2D eigenvalue weighted by Crippen LogP contribution is -2.24. The van der Waals surface area contributed by atoms with Crippen LogP contribution >= 0.6 is 0 Å². The number of rotatable bonds is 0. The van der Waals surface area contributed by atoms with Crippen molar-refractivity contribution >= 4 is 23.5 Å². The van der Waals surface area contributed by atoms with E-state index in [0.29, 0.717) is 6.61 Å². The molecule has 1 aliphatic heterocycles. The Balaban J connectivity index is 2.12. The van der Waals surface area contributed by atoms with E-state index >= 15 is 0 Å². The van der Waals surface area contributed by atoms with E-state index in [0.717, 1.165) is 32.9 Å². The molecule has 4 rings (SSSR count). The molecule has 0 saturated heterocycles. The Hall–Kier alpha value is -2.35. The van der Waals surface area contributed by atoms with Crippen LogP contribution < -0.4 is 10.4 Å². The maximum absolute atomic E-state index is 12.1. The Morgan fingerprint density at radius 3 is 2.89 bits per heavy atom. The topological polar surface area (TPSA) is 26.3 Å². The van der Waals surface area contributed by atoms with Crippen molar-refractivity contribution in [3.8, 4) is 0 Å². The third-order valence-electron chi connectivity index (χ3n) is 3.48. The minimum atomic E-state index is 0.0745. The highest BCUT2D eigenvalue weighted by Crippen LogP contribution is 2.29. The summed E-state index contributed by atoms with van der Waals surface area (Å²) in [6, 6.07) is 4.04. The number of ether oxygens (including phenoxy) is 1. The molecule has 86 valence electrons. The number of ketones is 1. The molecule has 1 heterocycles. The third kappa shape index (κ3) is 1.15. The molecular formula is C16H10O2. The Bertz CT molecular complexity index is 789. The molecule has 0 amide bonds. The van der Waals surface area contributed by atoms with Crippen molar-refractivity contribution in [3.63, 3.8) is 0 Å². The lowest BCUT2D eigenvalue weighted by Gasteiger charge is -2.13. The van der Waals surface area contributed by atoms with Crippen molar-refractivity contribution in [1.82, 2.24) is 0 Å². The van der Waals surface area contributed by atoms with Crippen LogP contribution in [0.2, 0.25) is 0 Å². The summed E-state index contributed by atoms with van der Waals surface area (Å²) in [7, 11) is 0. The molecule has 0 fully saturated rings. The van der Waals surface area contributed by atoms with Crippen molar-refractivity contribution in [2.45, 2.75) is 0 Å². The Morgan fingerprint density at radius 1 is 1.06 bits per heavy atom. The minimum absolute atomic E-state index is 0.0745. The molecule has 0 bridgehead atoms. The van der Waals surface area contributed by atoms with Crippen LogP contribution in [0.25, 0.3) is 17.7 Å². The lowest BCUT2D eigenvalue weighted by molar-refractivity contribution is 0.104. The van der Waals surface area contributed by atoms with Crippen molar-refractivity contribution in [3.05, 3.63) is 63.8 Å². The first-order chi connectivity index (χ1) is 8.84. The summed E-state index contributed by atoms with van der Waals surface area (Å²) in [5, 5.41) is 2.06. The van der Waals surface area contributed by atoms with E-state index in [1.807, 2.05) is 36.4 Å². The molecular weight excluding hydrogens is 224 g/mol. The molecule has 2 aliphatic carbocycles. The molecule has 0 radical (unpaired) electrons. The fourth-order valence-electron chi connectivity index (χ4n) is 2.70. The van der Waals surface area contributed by atoms with Gasteiger partial charge in [0.25, 0.3) is 0 Å². The Kier molecular flexibility index (Phi) is 1.78. The van der Waals surface area contributed by atoms with Crippen LogP contribution in [0.4, 0.5) is 0 Å². The molecule has 0 spiro atoms. The summed E-state index contributed by atoms with van der Waals surface area (Å²) in [6.45, 7) is 0.603. The molecule has 3 aliphatic rings. The summed E-state index contributed by atoms with van der Waals surface area (Å²) in [5.74, 6) is 0.953. The predicted molar refractivity (Wildman–Crippen MR) is 70.1 cm³/mol. The molecule has 0 saturated carbocycles. The second-order valence-electron chi connectivity index (χ2n) is 4.52. The zero-order valence-corrected chi connectivity index (χ0v) is 9.64. The quantitative estimate of drug-likeness (QED) is 0.676. The van der Waals surface area contributed by atoms with Crippen molar-refractivity contribution in [1.29, 1.82) is 0 Å². The van der Waals surface area contributed by atoms with Crippen molar-refractivity contribution in [2.24, 2.45) is 0 Å². The number of benzene rings is 1. The standard InChI is InChI=1S/C16H10O2/c17-13-5-1-3-10-6-7-11-9-14-12(4-2-8-18-14)15(11)16(10)13/h1-7,9H,8H2. The van der Waals surface area contributed by atoms with Crippen LogP contribution in [0.5, 0.6) is 0 Å². The van der Waals surface area contributed by atoms with Gasteiger partial charge >= 0.3 is 0 Å². The maximum atomic E-state index is 12.1. The summed E-state index contributed by atoms with van der Waals surface area (Å²) in [5.41, 5.74) is 2.85. The van der Waals surface area contributed by atoms with Crippen LogP contribution in [0.15, 0.2) is 42.2 Å². The number of carbonyl (C=O) groups is 1. The second kappa shape index (κ2) is 3.33. The number of fused-ring (bicyclic) bond motifs is 4. The van der Waals surface area contributed by atoms with Crippen molar-refractivity contribution < 1.29 is 9.53 Å². The monoisotopic (exact) mass is 234 g/mol. The van der Waals surface area contributed by atoms with Gasteiger partial charge in [0.15, 0.2) is 5.78 Å². The highest BCUT2D eigenvalue weighted by molar-refractivity contribution is 6.11. The molecule has 1 aromatic carbocycles. The van der Waals surface area contributed by atoms with E-state index in [2.05, 4.69) is 0 Å². The molecule has 1 aromatic rings. The van der Waals surface area contributed by atoms with Gasteiger partial charge in [0.2, 0.25) is 0 Å². The highest BCUT2D eigenvalue weighted by Gasteiger charge is 2.23. The van der Waals surface area contributed by atoms with E-state index in [1.54, 1.807) is 12.2 Å². The number of hydrogen-bond donors (Lipinski definition) is 0. The largest absolute Gasteiger partial charge is 0.489 e. The van der Waals surface area contributed by atoms with E-state index in [4.69, 9.17) is 4.74 Å². The van der Waals surface area contributed by atoms with E-state index in [-0.39, 0.29) is 5.78 Å². The summed E-state index contributed by atoms with van der Waals surface area (Å²) in [6.07, 6.45) is 11.4. The van der Waals surface area contributed by atoms with Gasteiger partial charge in [-0.2, -0.15) is 0 Å². The first-order valence-electron chi connectivity index (χ1n) is 5.96. The van der Waals surface area contributed by atoms with Gasteiger partial charge in [-0.1, -0.05) is 30.4 Å². The minimum Gasteiger partial charge on any atom is -0.489 e. The first kappa shape index (κ1) is 9.66. The van der Waals surface area contributed by atoms with Crippen LogP contribution in [0, 0.1) is 0 Å². The van der Waals surface area contributed by atoms with Gasteiger partial charge in [0.1, 0.15) is 12.4 Å². The zero-order valence-electron chi connectivity index (χ0n) is 9.64. The molecule has 0 aromatic heterocycles. The van der Waals surface area contributed by atoms with Gasteiger partial charge in [0.05, 0.1) is 0 Å². The summed E-state index contributed by atoms with van der Waals surface area (Å²) >= 11 is 0. The van der Waals surface area contributed by atoms with Crippen LogP contribution in [-0.2, 0) is 4.74 Å². The normalized spacial score (nSPS) is 18.6. The molecule has 2 heteroatoms. The molecule has 2 nitrogen and oxygen atoms in total. The smallest absolute Gasteiger partial charge is 0.187 e. The SMILES string of the molecule is O=C1C=CC=c2ccc3c(c21)C1=C(C=3)OCC=C1. The van der Waals surface area contributed by atoms with E-state index in [1.165, 1.54) is 0 Å². The first-order valence-corrected chi connectivity index (χ1v) is 5.96. The average molecular weight is 234 g/mol. The van der Waals surface area contributed by atoms with Crippen molar-refractivity contribution in [2.75, 3.05) is 6.61 Å². The Morgan fingerprint density at radius 2 is 1.94 bits per heavy atom. The Labute approximate surface area is 104 Å². The zero-order chi connectivity index (χ0) is 12.1. The third-order valence-corrected chi connectivity index (χ3v) is 3.48. The molecule has 0 unspecified atom stereocenters. The summed E-state index contributed by atoms with van der Waals surface area (Å²) < 4.78 is 5.61. The maximum Gasteiger partial charge on any atom is 0.187 e. The van der Waals surface area contributed by atoms with Gasteiger partial charge in [-0.15, -0.1) is 0 Å². The number of carbonyl (C=O) groups excluding carboxylic acids is 1. The average Bonchev–Trinajstić information content (AvgIpc) is 2.77. The molecule has 0 atom stereocenters. The van der Waals surface area contributed by atoms with Gasteiger partial charge in [-0.05, 0) is 28.7 Å². The molecule has 18 heavy (non-hydrogen) atoms. The number of hydrogen-bond acceptors (Lipinski definition) is 2.